The summed E-state index contributed by atoms with van der Waals surface area (Å²) < 4.78 is 70.2. The third-order valence-corrected chi connectivity index (χ3v) is 6.90. The first-order valence-electron chi connectivity index (χ1n) is 11.3. The second-order valence-corrected chi connectivity index (χ2v) is 11.7. The highest BCUT2D eigenvalue weighted by Gasteiger charge is 2.07. The molecule has 10 heteroatoms. The molecule has 4 bridgehead atoms. The lowest BCUT2D eigenvalue weighted by molar-refractivity contribution is 0.359. The monoisotopic (exact) mass is 552 g/mol. The maximum atomic E-state index is 12.1. The van der Waals surface area contributed by atoms with Crippen molar-refractivity contribution in [1.82, 2.24) is 0 Å². The van der Waals surface area contributed by atoms with Crippen molar-refractivity contribution in [2.75, 3.05) is 49.4 Å². The van der Waals surface area contributed by atoms with Crippen LogP contribution in [-0.2, 0) is 19.7 Å². The molecule has 196 valence electrons. The van der Waals surface area contributed by atoms with E-state index in [1.807, 2.05) is 0 Å². The highest BCUT2D eigenvalue weighted by atomic mass is 32.2. The lowest BCUT2D eigenvalue weighted by Crippen LogP contribution is -2.09. The van der Waals surface area contributed by atoms with Crippen molar-refractivity contribution in [3.63, 3.8) is 0 Å². The van der Waals surface area contributed by atoms with Gasteiger partial charge in [-0.25, -0.2) is 16.8 Å². The minimum atomic E-state index is -3.46. The van der Waals surface area contributed by atoms with Crippen molar-refractivity contribution >= 4 is 19.7 Å². The number of rotatable bonds is 0. The van der Waals surface area contributed by atoms with Crippen LogP contribution in [0.15, 0.2) is 48.5 Å². The van der Waals surface area contributed by atoms with Crippen molar-refractivity contribution < 1.29 is 35.8 Å². The van der Waals surface area contributed by atoms with Crippen LogP contribution in [0.4, 0.5) is 0 Å². The van der Waals surface area contributed by atoms with Gasteiger partial charge in [-0.15, -0.1) is 0 Å². The molecule has 4 aliphatic rings. The Morgan fingerprint density at radius 1 is 0.395 bits per heavy atom. The molecular weight excluding hydrogens is 528 g/mol. The Morgan fingerprint density at radius 3 is 0.816 bits per heavy atom. The number of hydrogen-bond donors (Lipinski definition) is 0. The molecule has 0 fully saturated rings. The lowest BCUT2D eigenvalue weighted by atomic mass is 10.3. The summed E-state index contributed by atoms with van der Waals surface area (Å²) in [5.41, 5.74) is 0. The average molecular weight is 553 g/mol. The molecule has 0 N–H and O–H groups in total. The van der Waals surface area contributed by atoms with Crippen LogP contribution in [0.1, 0.15) is 0 Å². The number of sulfone groups is 2. The fourth-order valence-corrected chi connectivity index (χ4v) is 4.18. The largest absolute Gasteiger partial charge is 0.481 e. The maximum Gasteiger partial charge on any atom is 0.172 e. The summed E-state index contributed by atoms with van der Waals surface area (Å²) in [5.74, 6) is 21.8. The molecule has 0 amide bonds. The first kappa shape index (κ1) is 28.4. The van der Waals surface area contributed by atoms with Crippen LogP contribution in [0.5, 0.6) is 23.0 Å². The summed E-state index contributed by atoms with van der Waals surface area (Å²) in [7, 11) is -6.91. The fraction of sp³-hybridized carbons (Fsp3) is 0.286. The molecule has 4 aliphatic heterocycles. The number of benzene rings is 2. The number of hydrogen-bond acceptors (Lipinski definition) is 8. The van der Waals surface area contributed by atoms with Gasteiger partial charge in [0.25, 0.3) is 0 Å². The summed E-state index contributed by atoms with van der Waals surface area (Å²) in [6, 6.07) is 13.3. The summed E-state index contributed by atoms with van der Waals surface area (Å²) in [6.07, 6.45) is 0. The van der Waals surface area contributed by atoms with Crippen LogP contribution in [-0.4, -0.2) is 66.3 Å². The maximum absolute atomic E-state index is 12.1. The summed E-state index contributed by atoms with van der Waals surface area (Å²) in [4.78, 5) is 0. The fourth-order valence-electron chi connectivity index (χ4n) is 2.69. The molecule has 2 aromatic carbocycles. The zero-order chi connectivity index (χ0) is 27.1. The lowest BCUT2D eigenvalue weighted by Gasteiger charge is -2.05. The molecule has 0 radical (unpaired) electrons. The zero-order valence-corrected chi connectivity index (χ0v) is 22.0. The van der Waals surface area contributed by atoms with E-state index in [4.69, 9.17) is 18.9 Å². The van der Waals surface area contributed by atoms with Crippen molar-refractivity contribution in [2.24, 2.45) is 0 Å². The third-order valence-electron chi connectivity index (χ3n) is 4.56. The molecule has 0 saturated carbocycles. The van der Waals surface area contributed by atoms with Gasteiger partial charge < -0.3 is 18.9 Å². The predicted octanol–water partition coefficient (Wildman–Crippen LogP) is 1.76. The summed E-state index contributed by atoms with van der Waals surface area (Å²) >= 11 is 0. The van der Waals surface area contributed by atoms with Crippen LogP contribution >= 0.6 is 0 Å². The SMILES string of the molecule is O=S1(=O)CC#CCOc2ccc(cc2)OCC#CCS(=O)(=O)CC#CCOc2ccc(cc2)OCC#CC1. The molecule has 2 aromatic rings. The van der Waals surface area contributed by atoms with Crippen LogP contribution in [0, 0.1) is 47.4 Å². The van der Waals surface area contributed by atoms with Crippen LogP contribution < -0.4 is 18.9 Å². The van der Waals surface area contributed by atoms with E-state index in [9.17, 15) is 16.8 Å². The second-order valence-electron chi connectivity index (χ2n) is 7.58. The molecule has 6 rings (SSSR count). The molecule has 0 spiro atoms. The molecular formula is C28H24O8S2. The average Bonchev–Trinajstić information content (AvgIpc) is 2.89. The molecule has 38 heavy (non-hydrogen) atoms. The molecule has 0 aliphatic carbocycles. The molecule has 0 unspecified atom stereocenters. The molecule has 0 saturated heterocycles. The normalized spacial score (nSPS) is 17.3. The number of ether oxygens (including phenoxy) is 4. The van der Waals surface area contributed by atoms with Crippen LogP contribution in [0.3, 0.4) is 0 Å². The molecule has 4 heterocycles. The smallest absolute Gasteiger partial charge is 0.172 e. The van der Waals surface area contributed by atoms with Crippen molar-refractivity contribution in [3.05, 3.63) is 48.5 Å². The van der Waals surface area contributed by atoms with Crippen molar-refractivity contribution in [3.8, 4) is 70.4 Å². The first-order chi connectivity index (χ1) is 18.3. The van der Waals surface area contributed by atoms with E-state index >= 15 is 0 Å². The van der Waals surface area contributed by atoms with E-state index in [1.54, 1.807) is 48.5 Å². The standard InChI is InChI=1S/C28H24O8S2/c29-37(30)21-5-1-17-33-25-9-11-26(12-10-25)34-19-3-7-23-38(31,32)24-8-4-20-36-28-15-13-27(14-16-28)35-18-2-6-22-37/h9-16H,17-24H2. The molecule has 0 atom stereocenters. The Morgan fingerprint density at radius 2 is 0.605 bits per heavy atom. The van der Waals surface area contributed by atoms with Gasteiger partial charge in [0, 0.05) is 0 Å². The predicted molar refractivity (Wildman–Crippen MR) is 143 cm³/mol. The topological polar surface area (TPSA) is 105 Å². The van der Waals surface area contributed by atoms with Gasteiger partial charge >= 0.3 is 0 Å². The zero-order valence-electron chi connectivity index (χ0n) is 20.4. The van der Waals surface area contributed by atoms with E-state index < -0.39 is 19.7 Å². The van der Waals surface area contributed by atoms with E-state index in [0.29, 0.717) is 23.0 Å². The Bertz CT molecular complexity index is 1320. The summed E-state index contributed by atoms with van der Waals surface area (Å²) in [6.45, 7) is 0.0690. The van der Waals surface area contributed by atoms with Crippen LogP contribution in [0.25, 0.3) is 0 Å². The van der Waals surface area contributed by atoms with Gasteiger partial charge in [0.2, 0.25) is 0 Å². The highest BCUT2D eigenvalue weighted by Crippen LogP contribution is 2.18. The highest BCUT2D eigenvalue weighted by molar-refractivity contribution is 7.92. The van der Waals surface area contributed by atoms with E-state index in [-0.39, 0.29) is 49.4 Å². The molecule has 0 aromatic heterocycles. The van der Waals surface area contributed by atoms with Crippen LogP contribution in [0.2, 0.25) is 0 Å². The molecule has 8 nitrogen and oxygen atoms in total. The van der Waals surface area contributed by atoms with Gasteiger partial charge in [0.1, 0.15) is 72.4 Å². The van der Waals surface area contributed by atoms with E-state index in [2.05, 4.69) is 47.4 Å². The Kier molecular flexibility index (Phi) is 10.8. The van der Waals surface area contributed by atoms with E-state index in [0.717, 1.165) is 0 Å². The first-order valence-corrected chi connectivity index (χ1v) is 14.9. The van der Waals surface area contributed by atoms with Crippen molar-refractivity contribution in [1.29, 1.82) is 0 Å². The minimum absolute atomic E-state index is 0.0173. The minimum Gasteiger partial charge on any atom is -0.481 e. The Labute approximate surface area is 223 Å². The third kappa shape index (κ3) is 11.2. The van der Waals surface area contributed by atoms with Gasteiger partial charge in [0.05, 0.1) is 0 Å². The Balaban J connectivity index is 1.64. The second kappa shape index (κ2) is 14.5. The van der Waals surface area contributed by atoms with Gasteiger partial charge in [-0.05, 0) is 48.5 Å². The van der Waals surface area contributed by atoms with Gasteiger partial charge in [0.15, 0.2) is 19.7 Å². The van der Waals surface area contributed by atoms with E-state index in [1.165, 1.54) is 0 Å². The van der Waals surface area contributed by atoms with Gasteiger partial charge in [-0.1, -0.05) is 47.4 Å². The van der Waals surface area contributed by atoms with Gasteiger partial charge in [-0.2, -0.15) is 0 Å². The quantitative estimate of drug-likeness (QED) is 0.456. The van der Waals surface area contributed by atoms with Crippen molar-refractivity contribution in [2.45, 2.75) is 0 Å². The van der Waals surface area contributed by atoms with Gasteiger partial charge in [-0.3, -0.25) is 0 Å². The summed E-state index contributed by atoms with van der Waals surface area (Å²) in [5, 5.41) is 0. The Hall–Kier alpha value is -4.22.